The average Bonchev–Trinajstić information content (AvgIpc) is 3.14. The maximum absolute atomic E-state index is 11.1. The summed E-state index contributed by atoms with van der Waals surface area (Å²) in [5, 5.41) is 7.50. The van der Waals surface area contributed by atoms with Crippen LogP contribution in [0.3, 0.4) is 0 Å². The fraction of sp³-hybridized carbons (Fsp3) is 0.333. The summed E-state index contributed by atoms with van der Waals surface area (Å²) in [6.45, 7) is 8.60. The molecule has 0 atom stereocenters. The van der Waals surface area contributed by atoms with Gasteiger partial charge in [0.1, 0.15) is 0 Å². The highest BCUT2D eigenvalue weighted by Crippen LogP contribution is 2.32. The Morgan fingerprint density at radius 2 is 1.71 bits per heavy atom. The van der Waals surface area contributed by atoms with Gasteiger partial charge in [0.25, 0.3) is 0 Å². The standard InChI is InChI=1S/C24H29N3O/c1-5-20(6-2)23-12-11-22(15-24(23)27-14-13-17(3)26-27)21-9-7-19(8-10-21)16-25-18(4)28/h7-15,20H,5-6,16H2,1-4H3,(H,25,28). The van der Waals surface area contributed by atoms with Crippen LogP contribution in [0.2, 0.25) is 0 Å². The predicted molar refractivity (Wildman–Crippen MR) is 115 cm³/mol. The molecule has 0 aliphatic rings. The van der Waals surface area contributed by atoms with Gasteiger partial charge in [-0.3, -0.25) is 4.79 Å². The zero-order valence-corrected chi connectivity index (χ0v) is 17.2. The van der Waals surface area contributed by atoms with Crippen LogP contribution in [-0.4, -0.2) is 15.7 Å². The summed E-state index contributed by atoms with van der Waals surface area (Å²) in [5.41, 5.74) is 6.94. The van der Waals surface area contributed by atoms with Gasteiger partial charge in [-0.05, 0) is 60.1 Å². The molecule has 1 aromatic heterocycles. The molecule has 1 heterocycles. The topological polar surface area (TPSA) is 46.9 Å². The van der Waals surface area contributed by atoms with Crippen LogP contribution in [0, 0.1) is 6.92 Å². The second-order valence-electron chi connectivity index (χ2n) is 7.30. The van der Waals surface area contributed by atoms with E-state index in [1.54, 1.807) is 0 Å². The number of amides is 1. The minimum atomic E-state index is -0.0137. The highest BCUT2D eigenvalue weighted by atomic mass is 16.1. The fourth-order valence-corrected chi connectivity index (χ4v) is 3.59. The van der Waals surface area contributed by atoms with Crippen LogP contribution in [0.5, 0.6) is 0 Å². The molecular weight excluding hydrogens is 346 g/mol. The first-order chi connectivity index (χ1) is 13.5. The van der Waals surface area contributed by atoms with Gasteiger partial charge in [0.05, 0.1) is 11.4 Å². The van der Waals surface area contributed by atoms with Crippen molar-refractivity contribution in [2.24, 2.45) is 0 Å². The molecule has 0 fully saturated rings. The van der Waals surface area contributed by atoms with Gasteiger partial charge < -0.3 is 5.32 Å². The van der Waals surface area contributed by atoms with Gasteiger partial charge in [-0.1, -0.05) is 50.2 Å². The summed E-state index contributed by atoms with van der Waals surface area (Å²) >= 11 is 0. The van der Waals surface area contributed by atoms with Gasteiger partial charge in [0, 0.05) is 19.7 Å². The summed E-state index contributed by atoms with van der Waals surface area (Å²) in [4.78, 5) is 11.1. The molecule has 3 rings (SSSR count). The van der Waals surface area contributed by atoms with Gasteiger partial charge in [-0.25, -0.2) is 4.68 Å². The number of carbonyl (C=O) groups excluding carboxylic acids is 1. The van der Waals surface area contributed by atoms with Crippen molar-refractivity contribution >= 4 is 5.91 Å². The Morgan fingerprint density at radius 3 is 2.29 bits per heavy atom. The van der Waals surface area contributed by atoms with E-state index >= 15 is 0 Å². The number of aromatic nitrogens is 2. The molecule has 0 unspecified atom stereocenters. The Bertz CT molecular complexity index is 937. The summed E-state index contributed by atoms with van der Waals surface area (Å²) in [6.07, 6.45) is 4.26. The van der Waals surface area contributed by atoms with E-state index in [1.807, 2.05) is 23.9 Å². The number of hydrogen-bond donors (Lipinski definition) is 1. The molecule has 0 saturated heterocycles. The van der Waals surface area contributed by atoms with Crippen LogP contribution in [0.1, 0.15) is 56.4 Å². The number of nitrogens with zero attached hydrogens (tertiary/aromatic N) is 2. The average molecular weight is 376 g/mol. The van der Waals surface area contributed by atoms with Crippen LogP contribution in [0.25, 0.3) is 16.8 Å². The molecule has 0 saturated carbocycles. The van der Waals surface area contributed by atoms with Crippen LogP contribution in [0.15, 0.2) is 54.7 Å². The Balaban J connectivity index is 1.97. The van der Waals surface area contributed by atoms with Crippen molar-refractivity contribution in [2.75, 3.05) is 0 Å². The zero-order chi connectivity index (χ0) is 20.1. The number of benzene rings is 2. The van der Waals surface area contributed by atoms with E-state index in [-0.39, 0.29) is 5.91 Å². The molecule has 0 radical (unpaired) electrons. The normalized spacial score (nSPS) is 11.0. The maximum Gasteiger partial charge on any atom is 0.217 e. The van der Waals surface area contributed by atoms with Crippen molar-refractivity contribution < 1.29 is 4.79 Å². The van der Waals surface area contributed by atoms with Crippen LogP contribution in [-0.2, 0) is 11.3 Å². The van der Waals surface area contributed by atoms with E-state index in [0.717, 1.165) is 35.3 Å². The molecule has 1 amide bonds. The number of aryl methyl sites for hydroxylation is 1. The van der Waals surface area contributed by atoms with Crippen LogP contribution in [0.4, 0.5) is 0 Å². The van der Waals surface area contributed by atoms with Gasteiger partial charge in [-0.2, -0.15) is 5.10 Å². The zero-order valence-electron chi connectivity index (χ0n) is 17.2. The lowest BCUT2D eigenvalue weighted by Gasteiger charge is -2.19. The third-order valence-electron chi connectivity index (χ3n) is 5.25. The molecule has 1 N–H and O–H groups in total. The molecule has 146 valence electrons. The maximum atomic E-state index is 11.1. The van der Waals surface area contributed by atoms with Crippen molar-refractivity contribution in [3.63, 3.8) is 0 Å². The summed E-state index contributed by atoms with van der Waals surface area (Å²) in [7, 11) is 0. The van der Waals surface area contributed by atoms with E-state index in [2.05, 4.69) is 66.7 Å². The van der Waals surface area contributed by atoms with Crippen molar-refractivity contribution in [3.8, 4) is 16.8 Å². The summed E-state index contributed by atoms with van der Waals surface area (Å²) < 4.78 is 2.00. The summed E-state index contributed by atoms with van der Waals surface area (Å²) in [5.74, 6) is 0.508. The third kappa shape index (κ3) is 4.50. The van der Waals surface area contributed by atoms with Gasteiger partial charge in [-0.15, -0.1) is 0 Å². The van der Waals surface area contributed by atoms with E-state index in [4.69, 9.17) is 0 Å². The number of nitrogens with one attached hydrogen (secondary N) is 1. The Kier molecular flexibility index (Phi) is 6.30. The second-order valence-corrected chi connectivity index (χ2v) is 7.30. The number of rotatable bonds is 7. The Labute approximate surface area is 167 Å². The summed E-state index contributed by atoms with van der Waals surface area (Å²) in [6, 6.07) is 17.1. The SMILES string of the molecule is CCC(CC)c1ccc(-c2ccc(CNC(C)=O)cc2)cc1-n1ccc(C)n1. The molecule has 3 aromatic rings. The monoisotopic (exact) mass is 375 g/mol. The van der Waals surface area contributed by atoms with E-state index < -0.39 is 0 Å². The largest absolute Gasteiger partial charge is 0.352 e. The smallest absolute Gasteiger partial charge is 0.217 e. The Hall–Kier alpha value is -2.88. The van der Waals surface area contributed by atoms with Crippen molar-refractivity contribution in [3.05, 3.63) is 71.5 Å². The molecule has 0 spiro atoms. The van der Waals surface area contributed by atoms with Crippen molar-refractivity contribution in [2.45, 2.75) is 53.0 Å². The Morgan fingerprint density at radius 1 is 1.04 bits per heavy atom. The molecule has 0 aliphatic heterocycles. The fourth-order valence-electron chi connectivity index (χ4n) is 3.59. The third-order valence-corrected chi connectivity index (χ3v) is 5.25. The molecule has 4 nitrogen and oxygen atoms in total. The van der Waals surface area contributed by atoms with Crippen molar-refractivity contribution in [1.29, 1.82) is 0 Å². The highest BCUT2D eigenvalue weighted by Gasteiger charge is 2.15. The lowest BCUT2D eigenvalue weighted by molar-refractivity contribution is -0.119. The first-order valence-electron chi connectivity index (χ1n) is 10.0. The lowest BCUT2D eigenvalue weighted by atomic mass is 9.90. The van der Waals surface area contributed by atoms with Crippen molar-refractivity contribution in [1.82, 2.24) is 15.1 Å². The predicted octanol–water partition coefficient (Wildman–Crippen LogP) is 5.39. The first-order valence-corrected chi connectivity index (χ1v) is 10.0. The minimum Gasteiger partial charge on any atom is -0.352 e. The highest BCUT2D eigenvalue weighted by molar-refractivity contribution is 5.73. The van der Waals surface area contributed by atoms with E-state index in [9.17, 15) is 4.79 Å². The van der Waals surface area contributed by atoms with Gasteiger partial charge >= 0.3 is 0 Å². The number of carbonyl (C=O) groups is 1. The lowest BCUT2D eigenvalue weighted by Crippen LogP contribution is -2.18. The molecular formula is C24H29N3O. The molecule has 0 bridgehead atoms. The molecule has 28 heavy (non-hydrogen) atoms. The van der Waals surface area contributed by atoms with E-state index in [0.29, 0.717) is 12.5 Å². The van der Waals surface area contributed by atoms with Gasteiger partial charge in [0.2, 0.25) is 5.91 Å². The first kappa shape index (κ1) is 19.9. The second kappa shape index (κ2) is 8.87. The molecule has 2 aromatic carbocycles. The minimum absolute atomic E-state index is 0.0137. The molecule has 4 heteroatoms. The quantitative estimate of drug-likeness (QED) is 0.602. The van der Waals surface area contributed by atoms with Crippen LogP contribution >= 0.6 is 0 Å². The number of hydrogen-bond acceptors (Lipinski definition) is 2. The van der Waals surface area contributed by atoms with Crippen LogP contribution < -0.4 is 5.32 Å². The van der Waals surface area contributed by atoms with Gasteiger partial charge in [0.15, 0.2) is 0 Å². The molecule has 0 aliphatic carbocycles. The van der Waals surface area contributed by atoms with E-state index in [1.165, 1.54) is 18.1 Å².